The molecule has 4 aromatic heterocycles. The summed E-state index contributed by atoms with van der Waals surface area (Å²) in [5, 5.41) is 42.7. The fourth-order valence-corrected chi connectivity index (χ4v) is 14.5. The minimum atomic E-state index is -2.73. The number of anilines is 5. The van der Waals surface area contributed by atoms with E-state index in [0.29, 0.717) is 94.7 Å². The Balaban J connectivity index is 0.000000183. The molecule has 8 amide bonds. The van der Waals surface area contributed by atoms with E-state index in [9.17, 15) is 28.8 Å². The molecule has 12 aliphatic carbocycles. The second-order valence-electron chi connectivity index (χ2n) is 26.0. The summed E-state index contributed by atoms with van der Waals surface area (Å²) in [6.45, 7) is -1.67. The number of para-hydroxylation sites is 2. The number of rotatable bonds is 18. The van der Waals surface area contributed by atoms with Crippen LogP contribution in [0.25, 0.3) is 22.8 Å². The molecular weight excluding hydrogens is 1310 g/mol. The third-order valence-corrected chi connectivity index (χ3v) is 19.8. The predicted octanol–water partition coefficient (Wildman–Crippen LogP) is 7.65. The fraction of sp³-hybridized carbons (Fsp3) is 0.531. The van der Waals surface area contributed by atoms with Crippen LogP contribution in [-0.2, 0) is 18.9 Å². The van der Waals surface area contributed by atoms with Crippen LogP contribution < -0.4 is 57.3 Å². The molecule has 2 saturated heterocycles. The summed E-state index contributed by atoms with van der Waals surface area (Å²) in [6.07, 6.45) is 19.0. The molecule has 0 atom stereocenters. The molecule has 14 fully saturated rings. The summed E-state index contributed by atoms with van der Waals surface area (Å²) in [7, 11) is 6.46. The highest BCUT2D eigenvalue weighted by atomic mass is 35.5. The van der Waals surface area contributed by atoms with Gasteiger partial charge in [0, 0.05) is 119 Å². The van der Waals surface area contributed by atoms with E-state index in [-0.39, 0.29) is 67.2 Å². The number of aliphatic imine (C=N–C) groups is 1. The van der Waals surface area contributed by atoms with Gasteiger partial charge in [0.25, 0.3) is 11.8 Å². The zero-order chi connectivity index (χ0) is 73.8. The Morgan fingerprint density at radius 2 is 1.23 bits per heavy atom. The number of nitrogens with one attached hydrogen (secondary N) is 7. The van der Waals surface area contributed by atoms with Crippen molar-refractivity contribution in [3.63, 3.8) is 0 Å². The number of carbonyl (C=O) groups is 5. The van der Waals surface area contributed by atoms with Gasteiger partial charge in [0.1, 0.15) is 12.7 Å². The normalized spacial score (nSPS) is 26.2. The van der Waals surface area contributed by atoms with Crippen LogP contribution >= 0.6 is 34.8 Å². The number of urea groups is 3. The molecule has 522 valence electrons. The maximum atomic E-state index is 13.3. The number of hydrogen-bond acceptors (Lipinski definition) is 20. The molecule has 14 aliphatic rings. The number of carbonyl (C=O) groups excluding carboxylic acids is 6. The molecule has 2 aliphatic heterocycles. The van der Waals surface area contributed by atoms with Crippen molar-refractivity contribution < 1.29 is 50.7 Å². The smallest absolute Gasteiger partial charge is 0.326 e. The van der Waals surface area contributed by atoms with Crippen LogP contribution in [0.1, 0.15) is 111 Å². The monoisotopic (exact) mass is 1400 g/mol. The Hall–Kier alpha value is -8.96. The van der Waals surface area contributed by atoms with E-state index in [1.165, 1.54) is 95.1 Å². The molecule has 33 heteroatoms. The van der Waals surface area contributed by atoms with Gasteiger partial charge in [-0.15, -0.1) is 43.6 Å². The van der Waals surface area contributed by atoms with Crippen molar-refractivity contribution in [3.8, 4) is 34.3 Å². The lowest BCUT2D eigenvalue weighted by Gasteiger charge is -2.65. The van der Waals surface area contributed by atoms with E-state index >= 15 is 0 Å². The lowest BCUT2D eigenvalue weighted by atomic mass is 9.49. The zero-order valence-electron chi connectivity index (χ0n) is 60.0. The molecule has 6 aromatic rings. The van der Waals surface area contributed by atoms with E-state index in [1.54, 1.807) is 72.5 Å². The van der Waals surface area contributed by atoms with Crippen LogP contribution in [-0.4, -0.2) is 197 Å². The molecule has 0 spiro atoms. The third-order valence-electron chi connectivity index (χ3n) is 19.3. The van der Waals surface area contributed by atoms with Crippen molar-refractivity contribution in [1.82, 2.24) is 86.3 Å². The molecular formula is C64H87Cl3N22O8. The first-order valence-electron chi connectivity index (χ1n) is 34.8. The first-order chi connectivity index (χ1) is 49.0. The average Bonchev–Trinajstić information content (AvgIpc) is 0.651. The largest absolute Gasteiger partial charge is 0.494 e. The highest BCUT2D eigenvalue weighted by molar-refractivity contribution is 6.29. The van der Waals surface area contributed by atoms with Gasteiger partial charge in [-0.1, -0.05) is 23.7 Å². The van der Waals surface area contributed by atoms with E-state index in [1.807, 2.05) is 20.4 Å². The number of aromatic nitrogens is 10. The quantitative estimate of drug-likeness (QED) is 0.0232. The second kappa shape index (κ2) is 29.4. The standard InChI is InChI=1S/C24H27N9O3.C16H16ClN7O2.C8H13ClN2O.C8H12N2O.C5H9N.C3H4ClNO.3H2/c1-25-22(34)19-17(27-16-6-4-5-15(20(16)36-3)21-26-13-31(2)30-21)9-18(28-29-19)32-7-8-33(23(32)35)24-10-14(11-24)12-24;1-18-16(25)13-11(7-12(17)21-22-13)20-10-6-4-5-9(14(10)26-3)15-19-8-24(2)23-15;9-1-2-10-7(12)11-8-3-6(4-8)5-8;11-7-9-1-2-10(7)8-3-6(4-8)5-8;6-5-1-4(2-5)3-5;4-1-2-5-3-6;;;/h4-6,9,13-14H,7-8,10-12H2,1-3H3,(H,25,34)(H,27,28);4-8H,1-3H3,(H,18,25)(H,20,21);6H,1-5H2,(H2,10,11,12);6H,1-5H2,(H,9,11);4H,1-3,6H2;1-2H2;3*1H/i2*1D3;;;;;;;. The first kappa shape index (κ1) is 61.6. The minimum Gasteiger partial charge on any atom is -0.494 e. The molecule has 0 radical (unpaired) electrons. The Kier molecular flexibility index (Phi) is 18.7. The number of methoxy groups -OCH3 is 2. The van der Waals surface area contributed by atoms with Crippen molar-refractivity contribution >= 4 is 99.4 Å². The number of isocyanates is 1. The van der Waals surface area contributed by atoms with E-state index < -0.39 is 25.8 Å². The molecule has 0 unspecified atom stereocenters. The lowest BCUT2D eigenvalue weighted by molar-refractivity contribution is -0.114. The number of nitrogens with zero attached hydrogens (tertiary/aromatic N) is 14. The average molecular weight is 1400 g/mol. The van der Waals surface area contributed by atoms with Crippen LogP contribution in [0.4, 0.5) is 43.0 Å². The van der Waals surface area contributed by atoms with E-state index in [4.69, 9.17) is 58.2 Å². The van der Waals surface area contributed by atoms with Gasteiger partial charge in [-0.25, -0.2) is 34.1 Å². The Labute approximate surface area is 588 Å². The van der Waals surface area contributed by atoms with Gasteiger partial charge in [-0.05, 0) is 125 Å². The van der Waals surface area contributed by atoms with Gasteiger partial charge >= 0.3 is 18.1 Å². The molecule has 8 bridgehead atoms. The lowest BCUT2D eigenvalue weighted by Crippen LogP contribution is -2.69. The van der Waals surface area contributed by atoms with Gasteiger partial charge in [-0.3, -0.25) is 23.9 Å². The number of aryl methyl sites for hydroxylation is 2. The summed E-state index contributed by atoms with van der Waals surface area (Å²) in [5.74, 6) is 4.58. The molecule has 9 N–H and O–H groups in total. The minimum absolute atomic E-state index is 0. The number of hydrogen-bond donors (Lipinski definition) is 8. The van der Waals surface area contributed by atoms with Crippen molar-refractivity contribution in [1.29, 1.82) is 0 Å². The van der Waals surface area contributed by atoms with E-state index in [2.05, 4.69) is 72.1 Å². The fourth-order valence-electron chi connectivity index (χ4n) is 14.2. The maximum absolute atomic E-state index is 13.3. The number of halogens is 3. The summed E-state index contributed by atoms with van der Waals surface area (Å²) in [6, 6.07) is 13.3. The summed E-state index contributed by atoms with van der Waals surface area (Å²) in [5.41, 5.74) is 8.48. The zero-order valence-corrected chi connectivity index (χ0v) is 56.2. The highest BCUT2D eigenvalue weighted by Gasteiger charge is 2.63. The van der Waals surface area contributed by atoms with Crippen molar-refractivity contribution in [2.75, 3.05) is 94.7 Å². The van der Waals surface area contributed by atoms with Crippen molar-refractivity contribution in [2.24, 2.45) is 48.5 Å². The molecule has 20 rings (SSSR count). The number of alkyl halides is 2. The molecule has 2 aromatic carbocycles. The van der Waals surface area contributed by atoms with Gasteiger partial charge < -0.3 is 62.2 Å². The molecule has 97 heavy (non-hydrogen) atoms. The maximum Gasteiger partial charge on any atom is 0.326 e. The number of ether oxygens (including phenoxy) is 2. The Morgan fingerprint density at radius 1 is 0.711 bits per heavy atom. The molecule has 12 saturated carbocycles. The predicted molar refractivity (Wildman–Crippen MR) is 370 cm³/mol. The van der Waals surface area contributed by atoms with Crippen molar-refractivity contribution in [3.05, 3.63) is 77.7 Å². The summed E-state index contributed by atoms with van der Waals surface area (Å²) < 4.78 is 58.2. The highest BCUT2D eigenvalue weighted by Crippen LogP contribution is 2.62. The van der Waals surface area contributed by atoms with Crippen molar-refractivity contribution in [2.45, 2.75) is 99.2 Å². The topological polar surface area (TPSA) is 366 Å². The van der Waals surface area contributed by atoms with Gasteiger partial charge in [0.2, 0.25) is 6.08 Å². The van der Waals surface area contributed by atoms with Gasteiger partial charge in [0.15, 0.2) is 45.5 Å². The van der Waals surface area contributed by atoms with E-state index in [0.717, 1.165) is 56.0 Å². The van der Waals surface area contributed by atoms with Crippen LogP contribution in [0.15, 0.2) is 66.2 Å². The first-order valence-corrected chi connectivity index (χ1v) is 33.2. The van der Waals surface area contributed by atoms with Crippen LogP contribution in [0.3, 0.4) is 0 Å². The third kappa shape index (κ3) is 14.8. The van der Waals surface area contributed by atoms with Gasteiger partial charge in [-0.2, -0.15) is 10.2 Å². The Bertz CT molecular complexity index is 4140. The van der Waals surface area contributed by atoms with Crippen LogP contribution in [0.5, 0.6) is 11.5 Å². The summed E-state index contributed by atoms with van der Waals surface area (Å²) >= 11 is 16.5. The SMILES string of the molecule is NC12CC(C1)C2.O=C(NCCCl)NC12CC(C1)C2.O=C1NCCN1C12CC(C1)C2.O=C=NCCCl.[2H]C([2H])([2H])NC(=O)c1nnc(Cl)cc1Nc1cccc(-c2ncn(C)n2)c1OC.[2H]C([2H])([2H])NC(=O)c1nnc(N2CCN(C34CC(C3)C4)C2=O)cc1Nc1cccc(-c2ncn(C)n2)c1OC.[HH].[HH].[HH]. The Morgan fingerprint density at radius 3 is 1.63 bits per heavy atom. The van der Waals surface area contributed by atoms with Crippen LogP contribution in [0.2, 0.25) is 5.15 Å². The number of nitrogens with two attached hydrogens (primary N) is 1. The number of benzene rings is 2. The summed E-state index contributed by atoms with van der Waals surface area (Å²) in [4.78, 5) is 87.3. The van der Waals surface area contributed by atoms with Crippen LogP contribution in [0, 0.1) is 23.7 Å². The molecule has 30 nitrogen and oxygen atoms in total. The number of amides is 8. The molecule has 6 heterocycles. The van der Waals surface area contributed by atoms with Gasteiger partial charge in [0.05, 0.1) is 54.6 Å². The second-order valence-corrected chi connectivity index (χ2v) is 27.2.